The van der Waals surface area contributed by atoms with Crippen LogP contribution in [0.2, 0.25) is 0 Å². The highest BCUT2D eigenvalue weighted by molar-refractivity contribution is 5.78. The number of carbonyl (C=O) groups excluding carboxylic acids is 1. The highest BCUT2D eigenvalue weighted by Crippen LogP contribution is 2.29. The van der Waals surface area contributed by atoms with E-state index in [4.69, 9.17) is 4.98 Å². The van der Waals surface area contributed by atoms with Crippen LogP contribution < -0.4 is 5.32 Å². The molecule has 0 aliphatic carbocycles. The molecule has 22 heavy (non-hydrogen) atoms. The summed E-state index contributed by atoms with van der Waals surface area (Å²) < 4.78 is 2.40. The number of aromatic nitrogens is 2. The first-order valence-corrected chi connectivity index (χ1v) is 8.12. The van der Waals surface area contributed by atoms with Crippen molar-refractivity contribution in [2.45, 2.75) is 32.2 Å². The first kappa shape index (κ1) is 15.0. The van der Waals surface area contributed by atoms with E-state index in [2.05, 4.69) is 35.0 Å². The minimum absolute atomic E-state index is 0.201. The summed E-state index contributed by atoms with van der Waals surface area (Å²) in [4.78, 5) is 18.7. The zero-order chi connectivity index (χ0) is 15.5. The van der Waals surface area contributed by atoms with E-state index in [1.54, 1.807) is 0 Å². The molecule has 0 saturated carbocycles. The number of imidazole rings is 1. The molecule has 1 aliphatic rings. The Labute approximate surface area is 131 Å². The second kappa shape index (κ2) is 6.48. The van der Waals surface area contributed by atoms with E-state index in [1.165, 1.54) is 5.52 Å². The molecule has 1 aliphatic heterocycles. The summed E-state index contributed by atoms with van der Waals surface area (Å²) in [6.45, 7) is 4.25. The van der Waals surface area contributed by atoms with Crippen molar-refractivity contribution in [1.29, 1.82) is 0 Å². The molecular weight excluding hydrogens is 276 g/mol. The summed E-state index contributed by atoms with van der Waals surface area (Å²) in [6.07, 6.45) is 2.94. The highest BCUT2D eigenvalue weighted by Gasteiger charge is 2.25. The molecule has 3 rings (SSSR count). The number of likely N-dealkylation sites (tertiary alicyclic amines) is 1. The molecule has 0 bridgehead atoms. The van der Waals surface area contributed by atoms with Crippen LogP contribution in [0, 0.1) is 0 Å². The van der Waals surface area contributed by atoms with Gasteiger partial charge in [-0.2, -0.15) is 0 Å². The van der Waals surface area contributed by atoms with E-state index in [-0.39, 0.29) is 5.91 Å². The molecule has 1 N–H and O–H groups in total. The van der Waals surface area contributed by atoms with Gasteiger partial charge in [0.05, 0.1) is 17.6 Å². The average molecular weight is 300 g/mol. The van der Waals surface area contributed by atoms with Crippen LogP contribution in [0.5, 0.6) is 0 Å². The Hall–Kier alpha value is -1.88. The van der Waals surface area contributed by atoms with Gasteiger partial charge >= 0.3 is 0 Å². The molecular formula is C17H24N4O. The van der Waals surface area contributed by atoms with Crippen molar-refractivity contribution in [1.82, 2.24) is 19.8 Å². The first-order chi connectivity index (χ1) is 10.7. The Morgan fingerprint density at radius 3 is 2.73 bits per heavy atom. The monoisotopic (exact) mass is 300 g/mol. The number of hydrogen-bond acceptors (Lipinski definition) is 3. The third-order valence-corrected chi connectivity index (χ3v) is 4.50. The SMILES string of the molecule is CCc1nc2ccccc2n1C1CCN(C(=O)CNC)CC1. The van der Waals surface area contributed by atoms with Crippen LogP contribution in [-0.4, -0.2) is 47.0 Å². The van der Waals surface area contributed by atoms with Crippen LogP contribution >= 0.6 is 0 Å². The van der Waals surface area contributed by atoms with Crippen LogP contribution in [-0.2, 0) is 11.2 Å². The fourth-order valence-corrected chi connectivity index (χ4v) is 3.39. The van der Waals surface area contributed by atoms with E-state index < -0.39 is 0 Å². The van der Waals surface area contributed by atoms with Gasteiger partial charge < -0.3 is 14.8 Å². The lowest BCUT2D eigenvalue weighted by molar-refractivity contribution is -0.131. The van der Waals surface area contributed by atoms with Gasteiger partial charge in [-0.1, -0.05) is 19.1 Å². The van der Waals surface area contributed by atoms with E-state index in [1.807, 2.05) is 18.0 Å². The van der Waals surface area contributed by atoms with Gasteiger partial charge in [0, 0.05) is 25.6 Å². The molecule has 1 fully saturated rings. The van der Waals surface area contributed by atoms with Crippen molar-refractivity contribution < 1.29 is 4.79 Å². The molecule has 0 unspecified atom stereocenters. The third kappa shape index (κ3) is 2.73. The maximum Gasteiger partial charge on any atom is 0.236 e. The molecule has 118 valence electrons. The molecule has 0 spiro atoms. The van der Waals surface area contributed by atoms with Gasteiger partial charge in [-0.3, -0.25) is 4.79 Å². The topological polar surface area (TPSA) is 50.2 Å². The van der Waals surface area contributed by atoms with Crippen LogP contribution in [0.15, 0.2) is 24.3 Å². The Morgan fingerprint density at radius 1 is 1.32 bits per heavy atom. The number of amides is 1. The lowest BCUT2D eigenvalue weighted by Gasteiger charge is -2.33. The zero-order valence-corrected chi connectivity index (χ0v) is 13.4. The fraction of sp³-hybridized carbons (Fsp3) is 0.529. The molecule has 2 heterocycles. The number of aryl methyl sites for hydroxylation is 1. The summed E-state index contributed by atoms with van der Waals surface area (Å²) in [5.41, 5.74) is 2.30. The number of fused-ring (bicyclic) bond motifs is 1. The van der Waals surface area contributed by atoms with Gasteiger partial charge in [-0.05, 0) is 32.0 Å². The normalized spacial score (nSPS) is 16.4. The fourth-order valence-electron chi connectivity index (χ4n) is 3.39. The summed E-state index contributed by atoms with van der Waals surface area (Å²) in [5, 5.41) is 2.94. The number of nitrogens with one attached hydrogen (secondary N) is 1. The van der Waals surface area contributed by atoms with Crippen molar-refractivity contribution in [2.75, 3.05) is 26.7 Å². The minimum atomic E-state index is 0.201. The van der Waals surface area contributed by atoms with E-state index >= 15 is 0 Å². The third-order valence-electron chi connectivity index (χ3n) is 4.50. The van der Waals surface area contributed by atoms with E-state index in [9.17, 15) is 4.79 Å². The molecule has 5 heteroatoms. The Balaban J connectivity index is 1.80. The van der Waals surface area contributed by atoms with Crippen molar-refractivity contribution in [2.24, 2.45) is 0 Å². The molecule has 0 radical (unpaired) electrons. The van der Waals surface area contributed by atoms with Gasteiger partial charge in [-0.25, -0.2) is 4.98 Å². The molecule has 0 atom stereocenters. The quantitative estimate of drug-likeness (QED) is 0.939. The van der Waals surface area contributed by atoms with E-state index in [0.717, 1.165) is 43.7 Å². The maximum atomic E-state index is 12.0. The summed E-state index contributed by atoms with van der Waals surface area (Å²) in [7, 11) is 1.82. The van der Waals surface area contributed by atoms with Gasteiger partial charge in [-0.15, -0.1) is 0 Å². The molecule has 1 aromatic carbocycles. The number of benzene rings is 1. The van der Waals surface area contributed by atoms with Crippen LogP contribution in [0.25, 0.3) is 11.0 Å². The van der Waals surface area contributed by atoms with Crippen molar-refractivity contribution in [3.05, 3.63) is 30.1 Å². The van der Waals surface area contributed by atoms with Gasteiger partial charge in [0.1, 0.15) is 5.82 Å². The number of likely N-dealkylation sites (N-methyl/N-ethyl adjacent to an activating group) is 1. The number of hydrogen-bond donors (Lipinski definition) is 1. The maximum absolute atomic E-state index is 12.0. The average Bonchev–Trinajstić information content (AvgIpc) is 2.93. The molecule has 5 nitrogen and oxygen atoms in total. The van der Waals surface area contributed by atoms with Crippen LogP contribution in [0.1, 0.15) is 31.6 Å². The second-order valence-electron chi connectivity index (χ2n) is 5.88. The predicted molar refractivity (Wildman–Crippen MR) is 87.9 cm³/mol. The highest BCUT2D eigenvalue weighted by atomic mass is 16.2. The lowest BCUT2D eigenvalue weighted by atomic mass is 10.0. The number of nitrogens with zero attached hydrogens (tertiary/aromatic N) is 3. The second-order valence-corrected chi connectivity index (χ2v) is 5.88. The van der Waals surface area contributed by atoms with Crippen molar-refractivity contribution >= 4 is 16.9 Å². The Bertz CT molecular complexity index is 656. The number of piperidine rings is 1. The van der Waals surface area contributed by atoms with Crippen LogP contribution in [0.4, 0.5) is 0 Å². The van der Waals surface area contributed by atoms with Crippen molar-refractivity contribution in [3.63, 3.8) is 0 Å². The Kier molecular flexibility index (Phi) is 4.43. The smallest absolute Gasteiger partial charge is 0.236 e. The molecule has 1 aromatic heterocycles. The standard InChI is InChI=1S/C17H24N4O/c1-3-16-19-14-6-4-5-7-15(14)21(16)13-8-10-20(11-9-13)17(22)12-18-2/h4-7,13,18H,3,8-12H2,1-2H3. The van der Waals surface area contributed by atoms with Gasteiger partial charge in [0.2, 0.25) is 5.91 Å². The minimum Gasteiger partial charge on any atom is -0.341 e. The van der Waals surface area contributed by atoms with Gasteiger partial charge in [0.25, 0.3) is 0 Å². The predicted octanol–water partition coefficient (Wildman–Crippen LogP) is 1.98. The zero-order valence-electron chi connectivity index (χ0n) is 13.4. The number of rotatable bonds is 4. The van der Waals surface area contributed by atoms with Gasteiger partial charge in [0.15, 0.2) is 0 Å². The van der Waals surface area contributed by atoms with E-state index in [0.29, 0.717) is 12.6 Å². The summed E-state index contributed by atoms with van der Waals surface area (Å²) in [5.74, 6) is 1.35. The first-order valence-electron chi connectivity index (χ1n) is 8.12. The van der Waals surface area contributed by atoms with Crippen LogP contribution in [0.3, 0.4) is 0 Å². The molecule has 1 amide bonds. The molecule has 2 aromatic rings. The summed E-state index contributed by atoms with van der Waals surface area (Å²) >= 11 is 0. The molecule has 1 saturated heterocycles. The largest absolute Gasteiger partial charge is 0.341 e. The van der Waals surface area contributed by atoms with Crippen molar-refractivity contribution in [3.8, 4) is 0 Å². The lowest BCUT2D eigenvalue weighted by Crippen LogP contribution is -2.42. The summed E-state index contributed by atoms with van der Waals surface area (Å²) in [6, 6.07) is 8.79. The number of para-hydroxylation sites is 2. The number of carbonyl (C=O) groups is 1. The Morgan fingerprint density at radius 2 is 2.05 bits per heavy atom.